The third-order valence-corrected chi connectivity index (χ3v) is 2.28. The van der Waals surface area contributed by atoms with E-state index in [1.807, 2.05) is 6.92 Å². The van der Waals surface area contributed by atoms with Gasteiger partial charge in [-0.1, -0.05) is 50.3 Å². The van der Waals surface area contributed by atoms with E-state index in [2.05, 4.69) is 44.7 Å². The molecule has 0 fully saturated rings. The highest BCUT2D eigenvalue weighted by molar-refractivity contribution is 5.86. The van der Waals surface area contributed by atoms with Gasteiger partial charge in [-0.25, -0.2) is 4.79 Å². The van der Waals surface area contributed by atoms with E-state index in [9.17, 15) is 4.79 Å². The van der Waals surface area contributed by atoms with Crippen molar-refractivity contribution in [2.45, 2.75) is 40.5 Å². The van der Waals surface area contributed by atoms with Gasteiger partial charge in [0.2, 0.25) is 0 Å². The molecule has 0 heterocycles. The van der Waals surface area contributed by atoms with Crippen LogP contribution in [0.2, 0.25) is 0 Å². The lowest BCUT2D eigenvalue weighted by Gasteiger charge is -1.99. The van der Waals surface area contributed by atoms with Gasteiger partial charge in [-0.15, -0.1) is 0 Å². The van der Waals surface area contributed by atoms with Gasteiger partial charge in [0.05, 0.1) is 6.61 Å². The second-order valence-corrected chi connectivity index (χ2v) is 4.26. The fourth-order valence-electron chi connectivity index (χ4n) is 1.25. The van der Waals surface area contributed by atoms with Crippen molar-refractivity contribution < 1.29 is 9.53 Å². The largest absolute Gasteiger partial charge is 0.462 e. The molecule has 0 N–H and O–H groups in total. The topological polar surface area (TPSA) is 26.3 Å². The van der Waals surface area contributed by atoms with Crippen LogP contribution in [0.4, 0.5) is 0 Å². The number of ether oxygens (including phenoxy) is 1. The Labute approximate surface area is 111 Å². The summed E-state index contributed by atoms with van der Waals surface area (Å²) in [6, 6.07) is 8.61. The molecule has 2 heteroatoms. The van der Waals surface area contributed by atoms with E-state index < -0.39 is 0 Å². The first-order valence-corrected chi connectivity index (χ1v) is 6.39. The first-order valence-electron chi connectivity index (χ1n) is 6.39. The smallest absolute Gasteiger partial charge is 0.333 e. The summed E-state index contributed by atoms with van der Waals surface area (Å²) in [6.45, 7) is 11.8. The third-order valence-electron chi connectivity index (χ3n) is 2.28. The van der Waals surface area contributed by atoms with Gasteiger partial charge in [-0.2, -0.15) is 0 Å². The number of carbonyl (C=O) groups is 1. The van der Waals surface area contributed by atoms with E-state index in [0.717, 1.165) is 12.8 Å². The van der Waals surface area contributed by atoms with Crippen molar-refractivity contribution in [3.8, 4) is 0 Å². The van der Waals surface area contributed by atoms with Crippen molar-refractivity contribution in [1.29, 1.82) is 0 Å². The molecule has 0 aromatic heterocycles. The Morgan fingerprint density at radius 1 is 1.33 bits per heavy atom. The summed E-state index contributed by atoms with van der Waals surface area (Å²) in [6.07, 6.45) is 2.00. The molecular weight excluding hydrogens is 224 g/mol. The van der Waals surface area contributed by atoms with Crippen LogP contribution in [-0.2, 0) is 16.0 Å². The molecule has 0 aliphatic carbocycles. The standard InChI is InChI=1S/C9H12.C7H12O2/c1-3-9-6-4-5-8(2)7-9;1-4-5-9-7(8)6(2)3/h4-7H,3H2,1-2H3;2,4-5H2,1,3H3. The molecule has 0 saturated carbocycles. The predicted octanol–water partition coefficient (Wildman–Crippen LogP) is 4.07. The minimum Gasteiger partial charge on any atom is -0.462 e. The van der Waals surface area contributed by atoms with Gasteiger partial charge in [-0.3, -0.25) is 0 Å². The summed E-state index contributed by atoms with van der Waals surface area (Å²) in [7, 11) is 0. The van der Waals surface area contributed by atoms with Gasteiger partial charge >= 0.3 is 5.97 Å². The minimum atomic E-state index is -0.295. The average molecular weight is 248 g/mol. The maximum Gasteiger partial charge on any atom is 0.333 e. The molecule has 0 radical (unpaired) electrons. The Morgan fingerprint density at radius 3 is 2.39 bits per heavy atom. The minimum absolute atomic E-state index is 0.295. The van der Waals surface area contributed by atoms with Crippen molar-refractivity contribution in [1.82, 2.24) is 0 Å². The van der Waals surface area contributed by atoms with Gasteiger partial charge < -0.3 is 4.74 Å². The van der Waals surface area contributed by atoms with Gasteiger partial charge in [-0.05, 0) is 32.3 Å². The number of aryl methyl sites for hydroxylation is 2. The third kappa shape index (κ3) is 7.66. The molecule has 0 spiro atoms. The predicted molar refractivity (Wildman–Crippen MR) is 76.6 cm³/mol. The molecule has 0 atom stereocenters. The monoisotopic (exact) mass is 248 g/mol. The summed E-state index contributed by atoms with van der Waals surface area (Å²) in [5.41, 5.74) is 3.24. The summed E-state index contributed by atoms with van der Waals surface area (Å²) >= 11 is 0. The zero-order valence-corrected chi connectivity index (χ0v) is 12.0. The summed E-state index contributed by atoms with van der Waals surface area (Å²) in [5.74, 6) is -0.295. The first kappa shape index (κ1) is 16.4. The Bertz CT molecular complexity index is 380. The molecule has 0 aliphatic heterocycles. The molecule has 1 rings (SSSR count). The Balaban J connectivity index is 0.000000321. The highest BCUT2D eigenvalue weighted by atomic mass is 16.5. The summed E-state index contributed by atoms with van der Waals surface area (Å²) < 4.78 is 4.71. The number of hydrogen-bond donors (Lipinski definition) is 0. The van der Waals surface area contributed by atoms with E-state index in [0.29, 0.717) is 12.2 Å². The van der Waals surface area contributed by atoms with Gasteiger partial charge in [0.25, 0.3) is 0 Å². The molecule has 0 aliphatic rings. The quantitative estimate of drug-likeness (QED) is 0.593. The Hall–Kier alpha value is -1.57. The van der Waals surface area contributed by atoms with Crippen molar-refractivity contribution in [3.05, 3.63) is 47.5 Å². The molecule has 1 aromatic rings. The molecule has 0 unspecified atom stereocenters. The first-order chi connectivity index (χ1) is 8.51. The summed E-state index contributed by atoms with van der Waals surface area (Å²) in [5, 5.41) is 0. The Kier molecular flexibility index (Phi) is 8.63. The molecule has 0 saturated heterocycles. The highest BCUT2D eigenvalue weighted by Gasteiger charge is 1.99. The number of rotatable bonds is 4. The van der Waals surface area contributed by atoms with E-state index in [4.69, 9.17) is 4.74 Å². The van der Waals surface area contributed by atoms with Crippen molar-refractivity contribution in [2.75, 3.05) is 6.61 Å². The van der Waals surface area contributed by atoms with Crippen molar-refractivity contribution in [2.24, 2.45) is 0 Å². The lowest BCUT2D eigenvalue weighted by Crippen LogP contribution is -2.04. The molecule has 2 nitrogen and oxygen atoms in total. The van der Waals surface area contributed by atoms with Crippen LogP contribution in [0.1, 0.15) is 38.3 Å². The number of esters is 1. The Morgan fingerprint density at radius 2 is 2.00 bits per heavy atom. The van der Waals surface area contributed by atoms with Gasteiger partial charge in [0.15, 0.2) is 0 Å². The van der Waals surface area contributed by atoms with E-state index in [-0.39, 0.29) is 5.97 Å². The lowest BCUT2D eigenvalue weighted by atomic mass is 10.1. The fourth-order valence-corrected chi connectivity index (χ4v) is 1.25. The molecule has 0 bridgehead atoms. The van der Waals surface area contributed by atoms with E-state index in [1.165, 1.54) is 11.1 Å². The second kappa shape index (κ2) is 9.46. The van der Waals surface area contributed by atoms with Gasteiger partial charge in [0.1, 0.15) is 0 Å². The van der Waals surface area contributed by atoms with Crippen molar-refractivity contribution in [3.63, 3.8) is 0 Å². The van der Waals surface area contributed by atoms with Crippen LogP contribution in [-0.4, -0.2) is 12.6 Å². The molecule has 1 aromatic carbocycles. The molecular formula is C16H24O2. The molecule has 0 amide bonds. The zero-order chi connectivity index (χ0) is 14.0. The maximum atomic E-state index is 10.6. The van der Waals surface area contributed by atoms with Crippen LogP contribution >= 0.6 is 0 Å². The van der Waals surface area contributed by atoms with Crippen LogP contribution in [0.15, 0.2) is 36.4 Å². The normalized spacial score (nSPS) is 9.11. The van der Waals surface area contributed by atoms with Crippen molar-refractivity contribution >= 4 is 5.97 Å². The van der Waals surface area contributed by atoms with E-state index in [1.54, 1.807) is 6.92 Å². The second-order valence-electron chi connectivity index (χ2n) is 4.26. The SMILES string of the molecule is C=C(C)C(=O)OCCC.CCc1cccc(C)c1. The molecule has 18 heavy (non-hydrogen) atoms. The highest BCUT2D eigenvalue weighted by Crippen LogP contribution is 2.03. The zero-order valence-electron chi connectivity index (χ0n) is 12.0. The van der Waals surface area contributed by atoms with Crippen LogP contribution in [0.5, 0.6) is 0 Å². The van der Waals surface area contributed by atoms with Crippen LogP contribution < -0.4 is 0 Å². The van der Waals surface area contributed by atoms with E-state index >= 15 is 0 Å². The number of hydrogen-bond acceptors (Lipinski definition) is 2. The maximum absolute atomic E-state index is 10.6. The average Bonchev–Trinajstić information content (AvgIpc) is 2.36. The number of benzene rings is 1. The molecule has 100 valence electrons. The summed E-state index contributed by atoms with van der Waals surface area (Å²) in [4.78, 5) is 10.6. The van der Waals surface area contributed by atoms with Gasteiger partial charge in [0, 0.05) is 5.57 Å². The lowest BCUT2D eigenvalue weighted by molar-refractivity contribution is -0.138. The van der Waals surface area contributed by atoms with Crippen LogP contribution in [0.25, 0.3) is 0 Å². The van der Waals surface area contributed by atoms with Crippen LogP contribution in [0.3, 0.4) is 0 Å². The number of carbonyl (C=O) groups excluding carboxylic acids is 1. The van der Waals surface area contributed by atoms with Crippen LogP contribution in [0, 0.1) is 6.92 Å². The fraction of sp³-hybridized carbons (Fsp3) is 0.438.